The molecule has 1 aromatic carbocycles. The van der Waals surface area contributed by atoms with E-state index in [0.29, 0.717) is 5.69 Å². The second-order valence-corrected chi connectivity index (χ2v) is 6.46. The normalized spacial score (nSPS) is 11.7. The highest BCUT2D eigenvalue weighted by molar-refractivity contribution is 5.46. The molecule has 0 aliphatic carbocycles. The van der Waals surface area contributed by atoms with Gasteiger partial charge in [0, 0.05) is 19.1 Å². The molecule has 0 spiro atoms. The number of benzene rings is 1. The molecule has 2 nitrogen and oxygen atoms in total. The molecule has 0 radical (unpaired) electrons. The summed E-state index contributed by atoms with van der Waals surface area (Å²) in [4.78, 5) is 2.00. The highest BCUT2D eigenvalue weighted by Gasteiger charge is 2.07. The predicted octanol–water partition coefficient (Wildman–Crippen LogP) is 4.21. The van der Waals surface area contributed by atoms with E-state index < -0.39 is 0 Å². The topological polar surface area (TPSA) is 15.3 Å². The van der Waals surface area contributed by atoms with Gasteiger partial charge in [-0.15, -0.1) is 0 Å². The fourth-order valence-electron chi connectivity index (χ4n) is 2.17. The first-order chi connectivity index (χ1) is 9.40. The Morgan fingerprint density at radius 3 is 2.35 bits per heavy atom. The fraction of sp³-hybridized carbons (Fsp3) is 0.647. The number of unbranched alkanes of at least 4 members (excludes halogenated alkanes) is 3. The fourth-order valence-corrected chi connectivity index (χ4v) is 2.17. The van der Waals surface area contributed by atoms with Crippen LogP contribution in [0.15, 0.2) is 24.3 Å². The lowest BCUT2D eigenvalue weighted by Gasteiger charge is -2.21. The number of anilines is 1. The minimum atomic E-state index is -0.135. The van der Waals surface area contributed by atoms with Crippen molar-refractivity contribution in [2.45, 2.75) is 52.0 Å². The number of halogens is 1. The second-order valence-electron chi connectivity index (χ2n) is 6.46. The summed E-state index contributed by atoms with van der Waals surface area (Å²) in [6, 6.07) is 6.97. The molecule has 3 heteroatoms. The van der Waals surface area contributed by atoms with Gasteiger partial charge in [-0.3, -0.25) is 0 Å². The van der Waals surface area contributed by atoms with Crippen molar-refractivity contribution in [3.63, 3.8) is 0 Å². The molecule has 114 valence electrons. The maximum Gasteiger partial charge on any atom is 0.146 e. The Kier molecular flexibility index (Phi) is 7.00. The molecule has 0 aliphatic rings. The van der Waals surface area contributed by atoms with E-state index in [1.807, 2.05) is 24.1 Å². The molecule has 0 fully saturated rings. The summed E-state index contributed by atoms with van der Waals surface area (Å²) < 4.78 is 13.6. The summed E-state index contributed by atoms with van der Waals surface area (Å²) in [6.45, 7) is 8.56. The summed E-state index contributed by atoms with van der Waals surface area (Å²) >= 11 is 0. The molecule has 20 heavy (non-hydrogen) atoms. The van der Waals surface area contributed by atoms with Crippen molar-refractivity contribution < 1.29 is 4.39 Å². The monoisotopic (exact) mass is 280 g/mol. The van der Waals surface area contributed by atoms with Crippen LogP contribution in [0.2, 0.25) is 0 Å². The van der Waals surface area contributed by atoms with Gasteiger partial charge >= 0.3 is 0 Å². The minimum Gasteiger partial charge on any atom is -0.372 e. The smallest absolute Gasteiger partial charge is 0.146 e. The van der Waals surface area contributed by atoms with E-state index in [1.165, 1.54) is 25.3 Å². The van der Waals surface area contributed by atoms with Gasteiger partial charge in [-0.25, -0.2) is 4.39 Å². The zero-order chi connectivity index (χ0) is 15.0. The van der Waals surface area contributed by atoms with Crippen LogP contribution in [0.1, 0.15) is 46.5 Å². The van der Waals surface area contributed by atoms with E-state index in [9.17, 15) is 4.39 Å². The van der Waals surface area contributed by atoms with Gasteiger partial charge in [0.2, 0.25) is 0 Å². The number of hydrogen-bond acceptors (Lipinski definition) is 2. The van der Waals surface area contributed by atoms with Crippen LogP contribution >= 0.6 is 0 Å². The molecular formula is C17H29FN2. The third-order valence-corrected chi connectivity index (χ3v) is 3.34. The van der Waals surface area contributed by atoms with Crippen molar-refractivity contribution in [2.24, 2.45) is 0 Å². The van der Waals surface area contributed by atoms with E-state index in [-0.39, 0.29) is 11.4 Å². The summed E-state index contributed by atoms with van der Waals surface area (Å²) in [7, 11) is 1.96. The zero-order valence-corrected chi connectivity index (χ0v) is 13.4. The molecular weight excluding hydrogens is 251 g/mol. The molecule has 0 aliphatic heterocycles. The first-order valence-corrected chi connectivity index (χ1v) is 7.61. The molecule has 0 heterocycles. The van der Waals surface area contributed by atoms with Crippen molar-refractivity contribution in [3.05, 3.63) is 30.1 Å². The van der Waals surface area contributed by atoms with Gasteiger partial charge in [0.05, 0.1) is 5.69 Å². The van der Waals surface area contributed by atoms with Crippen LogP contribution in [0.4, 0.5) is 10.1 Å². The molecule has 1 N–H and O–H groups in total. The molecule has 1 rings (SSSR count). The Hall–Kier alpha value is -1.09. The first kappa shape index (κ1) is 17.0. The quantitative estimate of drug-likeness (QED) is 0.718. The number of rotatable bonds is 8. The van der Waals surface area contributed by atoms with Crippen molar-refractivity contribution >= 4 is 5.69 Å². The average molecular weight is 280 g/mol. The van der Waals surface area contributed by atoms with Gasteiger partial charge in [0.25, 0.3) is 0 Å². The standard InChI is InChI=1S/C17H29FN2/c1-17(2,3)19-13-9-5-6-10-14-20(4)16-12-8-7-11-15(16)18/h7-8,11-12,19H,5-6,9-10,13-14H2,1-4H3. The third-order valence-electron chi connectivity index (χ3n) is 3.34. The number of nitrogens with one attached hydrogen (secondary N) is 1. The van der Waals surface area contributed by atoms with E-state index in [2.05, 4.69) is 26.1 Å². The van der Waals surface area contributed by atoms with Crippen molar-refractivity contribution in [1.29, 1.82) is 0 Å². The molecule has 1 aromatic rings. The lowest BCUT2D eigenvalue weighted by atomic mass is 10.1. The summed E-state index contributed by atoms with van der Waals surface area (Å²) in [6.07, 6.45) is 4.75. The molecule has 0 aromatic heterocycles. The Bertz CT molecular complexity index is 385. The Morgan fingerprint density at radius 2 is 1.70 bits per heavy atom. The molecule has 0 unspecified atom stereocenters. The van der Waals surface area contributed by atoms with E-state index in [4.69, 9.17) is 0 Å². The van der Waals surface area contributed by atoms with Crippen LogP contribution < -0.4 is 10.2 Å². The van der Waals surface area contributed by atoms with Crippen LogP contribution in [-0.4, -0.2) is 25.7 Å². The third kappa shape index (κ3) is 6.90. The van der Waals surface area contributed by atoms with Crippen LogP contribution in [0.25, 0.3) is 0 Å². The van der Waals surface area contributed by atoms with Crippen LogP contribution in [-0.2, 0) is 0 Å². The van der Waals surface area contributed by atoms with Gasteiger partial charge in [-0.1, -0.05) is 25.0 Å². The molecule has 0 amide bonds. The van der Waals surface area contributed by atoms with Crippen molar-refractivity contribution in [1.82, 2.24) is 5.32 Å². The molecule has 0 saturated carbocycles. The van der Waals surface area contributed by atoms with Gasteiger partial charge in [0.1, 0.15) is 5.82 Å². The van der Waals surface area contributed by atoms with Crippen molar-refractivity contribution in [3.8, 4) is 0 Å². The zero-order valence-electron chi connectivity index (χ0n) is 13.4. The van der Waals surface area contributed by atoms with Gasteiger partial charge in [-0.2, -0.15) is 0 Å². The Balaban J connectivity index is 2.11. The minimum absolute atomic E-state index is 0.135. The SMILES string of the molecule is CN(CCCCCCNC(C)(C)C)c1ccccc1F. The Morgan fingerprint density at radius 1 is 1.05 bits per heavy atom. The predicted molar refractivity (Wildman–Crippen MR) is 85.9 cm³/mol. The maximum atomic E-state index is 13.6. The van der Waals surface area contributed by atoms with Crippen LogP contribution in [0.5, 0.6) is 0 Å². The lowest BCUT2D eigenvalue weighted by molar-refractivity contribution is 0.416. The summed E-state index contributed by atoms with van der Waals surface area (Å²) in [5.41, 5.74) is 0.910. The largest absolute Gasteiger partial charge is 0.372 e. The first-order valence-electron chi connectivity index (χ1n) is 7.61. The molecule has 0 atom stereocenters. The summed E-state index contributed by atoms with van der Waals surface area (Å²) in [5, 5.41) is 3.49. The van der Waals surface area contributed by atoms with Gasteiger partial charge in [0.15, 0.2) is 0 Å². The number of hydrogen-bond donors (Lipinski definition) is 1. The lowest BCUT2D eigenvalue weighted by Crippen LogP contribution is -2.36. The highest BCUT2D eigenvalue weighted by Crippen LogP contribution is 2.17. The van der Waals surface area contributed by atoms with Gasteiger partial charge < -0.3 is 10.2 Å². The van der Waals surface area contributed by atoms with E-state index in [0.717, 1.165) is 19.5 Å². The van der Waals surface area contributed by atoms with E-state index in [1.54, 1.807) is 6.07 Å². The second kappa shape index (κ2) is 8.25. The summed E-state index contributed by atoms with van der Waals surface area (Å²) in [5.74, 6) is -0.135. The Labute approximate surface area is 123 Å². The molecule has 0 saturated heterocycles. The average Bonchev–Trinajstić information content (AvgIpc) is 2.36. The van der Waals surface area contributed by atoms with E-state index >= 15 is 0 Å². The number of nitrogens with zero attached hydrogens (tertiary/aromatic N) is 1. The number of para-hydroxylation sites is 1. The van der Waals surface area contributed by atoms with Crippen molar-refractivity contribution in [2.75, 3.05) is 25.0 Å². The van der Waals surface area contributed by atoms with Crippen LogP contribution in [0.3, 0.4) is 0 Å². The highest BCUT2D eigenvalue weighted by atomic mass is 19.1. The molecule has 0 bridgehead atoms. The van der Waals surface area contributed by atoms with Gasteiger partial charge in [-0.05, 0) is 52.3 Å². The maximum absolute atomic E-state index is 13.6. The van der Waals surface area contributed by atoms with Crippen LogP contribution in [0, 0.1) is 5.82 Å².